The molecule has 1 aromatic rings. The first kappa shape index (κ1) is 11.2. The predicted octanol–water partition coefficient (Wildman–Crippen LogP) is 2.08. The molecule has 1 heterocycles. The van der Waals surface area contributed by atoms with Crippen LogP contribution >= 0.6 is 0 Å². The van der Waals surface area contributed by atoms with Crippen LogP contribution in [-0.2, 0) is 0 Å². The lowest BCUT2D eigenvalue weighted by atomic mass is 10.2. The van der Waals surface area contributed by atoms with Crippen molar-refractivity contribution in [1.29, 1.82) is 0 Å². The fourth-order valence-corrected chi connectivity index (χ4v) is 1.12. The van der Waals surface area contributed by atoms with Crippen LogP contribution in [0.15, 0.2) is 24.4 Å². The molecule has 0 atom stereocenters. The summed E-state index contributed by atoms with van der Waals surface area (Å²) in [4.78, 5) is 14.8. The summed E-state index contributed by atoms with van der Waals surface area (Å²) in [6, 6.07) is 1.71. The van der Waals surface area contributed by atoms with Crippen LogP contribution in [0.25, 0.3) is 0 Å². The van der Waals surface area contributed by atoms with Crippen molar-refractivity contribution in [3.05, 3.63) is 35.7 Å². The number of carbonyl (C=O) groups is 1. The molecule has 1 rings (SSSR count). The zero-order valence-electron chi connectivity index (χ0n) is 8.87. The molecule has 15 heavy (non-hydrogen) atoms. The van der Waals surface area contributed by atoms with Crippen LogP contribution < -0.4 is 5.32 Å². The standard InChI is InChI=1S/C11H14N2O2/c1-7(2)5-13-10-4-8(3)12-6-9(10)11(14)15/h4,6H,1,5H2,2-3H3,(H,12,13)(H,14,15). The molecule has 0 saturated heterocycles. The van der Waals surface area contributed by atoms with Crippen molar-refractivity contribution in [3.63, 3.8) is 0 Å². The van der Waals surface area contributed by atoms with Gasteiger partial charge in [0.25, 0.3) is 0 Å². The average molecular weight is 206 g/mol. The predicted molar refractivity (Wildman–Crippen MR) is 59.2 cm³/mol. The van der Waals surface area contributed by atoms with Gasteiger partial charge in [0.1, 0.15) is 5.56 Å². The average Bonchev–Trinajstić information content (AvgIpc) is 2.14. The Bertz CT molecular complexity index is 400. The van der Waals surface area contributed by atoms with E-state index in [9.17, 15) is 4.79 Å². The number of nitrogens with zero attached hydrogens (tertiary/aromatic N) is 1. The minimum Gasteiger partial charge on any atom is -0.478 e. The molecule has 0 aliphatic heterocycles. The fraction of sp³-hybridized carbons (Fsp3) is 0.273. The molecule has 80 valence electrons. The van der Waals surface area contributed by atoms with Gasteiger partial charge >= 0.3 is 5.97 Å². The molecule has 0 spiro atoms. The first-order valence-electron chi connectivity index (χ1n) is 4.59. The molecule has 0 bridgehead atoms. The molecule has 0 radical (unpaired) electrons. The van der Waals surface area contributed by atoms with Crippen molar-refractivity contribution in [1.82, 2.24) is 4.98 Å². The van der Waals surface area contributed by atoms with Gasteiger partial charge in [-0.1, -0.05) is 12.2 Å². The lowest BCUT2D eigenvalue weighted by molar-refractivity contribution is 0.0697. The number of nitrogens with one attached hydrogen (secondary N) is 1. The number of carboxylic acid groups (broad SMARTS) is 1. The fourth-order valence-electron chi connectivity index (χ4n) is 1.12. The molecule has 0 unspecified atom stereocenters. The molecule has 4 heteroatoms. The van der Waals surface area contributed by atoms with Gasteiger partial charge in [-0.3, -0.25) is 4.98 Å². The Morgan fingerprint density at radius 2 is 2.33 bits per heavy atom. The molecule has 0 saturated carbocycles. The van der Waals surface area contributed by atoms with Crippen molar-refractivity contribution in [2.24, 2.45) is 0 Å². The Kier molecular flexibility index (Phi) is 3.44. The van der Waals surface area contributed by atoms with Crippen LogP contribution in [0.5, 0.6) is 0 Å². The number of aromatic carboxylic acids is 1. The molecule has 0 amide bonds. The van der Waals surface area contributed by atoms with Gasteiger partial charge in [0.15, 0.2) is 0 Å². The third kappa shape index (κ3) is 3.09. The minimum atomic E-state index is -0.980. The van der Waals surface area contributed by atoms with E-state index in [0.29, 0.717) is 12.2 Å². The Hall–Kier alpha value is -1.84. The van der Waals surface area contributed by atoms with Gasteiger partial charge in [-0.15, -0.1) is 0 Å². The number of aromatic nitrogens is 1. The highest BCUT2D eigenvalue weighted by Crippen LogP contribution is 2.15. The summed E-state index contributed by atoms with van der Waals surface area (Å²) in [7, 11) is 0. The van der Waals surface area contributed by atoms with E-state index in [4.69, 9.17) is 5.11 Å². The Morgan fingerprint density at radius 3 is 2.87 bits per heavy atom. The largest absolute Gasteiger partial charge is 0.478 e. The smallest absolute Gasteiger partial charge is 0.339 e. The topological polar surface area (TPSA) is 62.2 Å². The molecule has 0 aromatic carbocycles. The summed E-state index contributed by atoms with van der Waals surface area (Å²) >= 11 is 0. The van der Waals surface area contributed by atoms with Gasteiger partial charge in [0.2, 0.25) is 0 Å². The number of hydrogen-bond donors (Lipinski definition) is 2. The van der Waals surface area contributed by atoms with E-state index in [1.807, 2.05) is 13.8 Å². The molecule has 2 N–H and O–H groups in total. The highest BCUT2D eigenvalue weighted by atomic mass is 16.4. The van der Waals surface area contributed by atoms with Crippen LogP contribution in [-0.4, -0.2) is 22.6 Å². The monoisotopic (exact) mass is 206 g/mol. The summed E-state index contributed by atoms with van der Waals surface area (Å²) in [5.74, 6) is -0.980. The summed E-state index contributed by atoms with van der Waals surface area (Å²) in [6.07, 6.45) is 1.36. The van der Waals surface area contributed by atoms with Crippen LogP contribution in [0.2, 0.25) is 0 Å². The van der Waals surface area contributed by atoms with Gasteiger partial charge in [0.05, 0.1) is 5.69 Å². The van der Waals surface area contributed by atoms with Crippen LogP contribution in [0.3, 0.4) is 0 Å². The Morgan fingerprint density at radius 1 is 1.67 bits per heavy atom. The van der Waals surface area contributed by atoms with Crippen molar-refractivity contribution in [3.8, 4) is 0 Å². The number of hydrogen-bond acceptors (Lipinski definition) is 3. The maximum absolute atomic E-state index is 10.9. The van der Waals surface area contributed by atoms with Crippen molar-refractivity contribution in [2.45, 2.75) is 13.8 Å². The molecular formula is C11H14N2O2. The Labute approximate surface area is 88.7 Å². The van der Waals surface area contributed by atoms with Gasteiger partial charge in [-0.25, -0.2) is 4.79 Å². The molecule has 1 aromatic heterocycles. The van der Waals surface area contributed by atoms with E-state index in [1.54, 1.807) is 6.07 Å². The summed E-state index contributed by atoms with van der Waals surface area (Å²) in [6.45, 7) is 7.99. The SMILES string of the molecule is C=C(C)CNc1cc(C)ncc1C(=O)O. The van der Waals surface area contributed by atoms with E-state index in [-0.39, 0.29) is 5.56 Å². The summed E-state index contributed by atoms with van der Waals surface area (Å²) < 4.78 is 0. The van der Waals surface area contributed by atoms with Gasteiger partial charge in [-0.05, 0) is 19.9 Å². The Balaban J connectivity index is 2.96. The van der Waals surface area contributed by atoms with Crippen molar-refractivity contribution in [2.75, 3.05) is 11.9 Å². The normalized spacial score (nSPS) is 9.73. The third-order valence-corrected chi connectivity index (χ3v) is 1.85. The number of anilines is 1. The first-order chi connectivity index (χ1) is 7.00. The highest BCUT2D eigenvalue weighted by molar-refractivity contribution is 5.93. The highest BCUT2D eigenvalue weighted by Gasteiger charge is 2.10. The zero-order chi connectivity index (χ0) is 11.4. The van der Waals surface area contributed by atoms with E-state index in [1.165, 1.54) is 6.20 Å². The molecule has 0 aliphatic rings. The van der Waals surface area contributed by atoms with Crippen molar-refractivity contribution >= 4 is 11.7 Å². The van der Waals surface area contributed by atoms with Crippen LogP contribution in [0, 0.1) is 6.92 Å². The number of rotatable bonds is 4. The zero-order valence-corrected chi connectivity index (χ0v) is 8.87. The second-order valence-electron chi connectivity index (χ2n) is 3.49. The lowest BCUT2D eigenvalue weighted by Crippen LogP contribution is -2.09. The van der Waals surface area contributed by atoms with E-state index in [0.717, 1.165) is 11.3 Å². The summed E-state index contributed by atoms with van der Waals surface area (Å²) in [5, 5.41) is 11.9. The molecular weight excluding hydrogens is 192 g/mol. The number of carboxylic acids is 1. The number of pyridine rings is 1. The molecule has 0 aliphatic carbocycles. The lowest BCUT2D eigenvalue weighted by Gasteiger charge is -2.09. The molecule has 0 fully saturated rings. The van der Waals surface area contributed by atoms with Crippen LogP contribution in [0.4, 0.5) is 5.69 Å². The maximum Gasteiger partial charge on any atom is 0.339 e. The summed E-state index contributed by atoms with van der Waals surface area (Å²) in [5.41, 5.74) is 2.49. The van der Waals surface area contributed by atoms with E-state index in [2.05, 4.69) is 16.9 Å². The van der Waals surface area contributed by atoms with E-state index < -0.39 is 5.97 Å². The third-order valence-electron chi connectivity index (χ3n) is 1.85. The van der Waals surface area contributed by atoms with Crippen molar-refractivity contribution < 1.29 is 9.90 Å². The van der Waals surface area contributed by atoms with Gasteiger partial charge in [0, 0.05) is 18.4 Å². The maximum atomic E-state index is 10.9. The van der Waals surface area contributed by atoms with E-state index >= 15 is 0 Å². The number of aryl methyl sites for hydroxylation is 1. The second-order valence-corrected chi connectivity index (χ2v) is 3.49. The minimum absolute atomic E-state index is 0.182. The quantitative estimate of drug-likeness (QED) is 0.740. The first-order valence-corrected chi connectivity index (χ1v) is 4.59. The van der Waals surface area contributed by atoms with Gasteiger partial charge in [-0.2, -0.15) is 0 Å². The van der Waals surface area contributed by atoms with Gasteiger partial charge < -0.3 is 10.4 Å². The second kappa shape index (κ2) is 4.59. The van der Waals surface area contributed by atoms with Crippen LogP contribution in [0.1, 0.15) is 23.0 Å². The molecule has 4 nitrogen and oxygen atoms in total.